The molecule has 0 fully saturated rings. The van der Waals surface area contributed by atoms with Crippen molar-refractivity contribution in [1.29, 1.82) is 5.26 Å². The van der Waals surface area contributed by atoms with E-state index >= 15 is 0 Å². The molecule has 0 radical (unpaired) electrons. The highest BCUT2D eigenvalue weighted by Crippen LogP contribution is 2.33. The number of hydrogen-bond acceptors (Lipinski definition) is 3. The number of aromatic hydroxyl groups is 1. The summed E-state index contributed by atoms with van der Waals surface area (Å²) in [5, 5.41) is 21.9. The standard InChI is InChI=1S/C15H12Br2N2O/c1-9-2-3-10(7-18)6-14(9)19-8-11-4-12(16)15(20)13(17)5-11/h2-6,19-20H,8H2,1H3. The lowest BCUT2D eigenvalue weighted by Gasteiger charge is -2.11. The predicted octanol–water partition coefficient (Wildman–Crippen LogP) is 4.71. The predicted molar refractivity (Wildman–Crippen MR) is 86.7 cm³/mol. The molecule has 2 rings (SSSR count). The van der Waals surface area contributed by atoms with E-state index in [2.05, 4.69) is 43.2 Å². The molecule has 0 aliphatic rings. The van der Waals surface area contributed by atoms with E-state index in [9.17, 15) is 5.11 Å². The zero-order valence-corrected chi connectivity index (χ0v) is 13.9. The van der Waals surface area contributed by atoms with Crippen molar-refractivity contribution in [2.45, 2.75) is 13.5 Å². The molecule has 0 spiro atoms. The highest BCUT2D eigenvalue weighted by Gasteiger charge is 2.06. The first-order valence-corrected chi connectivity index (χ1v) is 7.51. The summed E-state index contributed by atoms with van der Waals surface area (Å²) < 4.78 is 1.29. The van der Waals surface area contributed by atoms with Crippen LogP contribution in [0.2, 0.25) is 0 Å². The Morgan fingerprint density at radius 3 is 2.45 bits per heavy atom. The number of nitriles is 1. The lowest BCUT2D eigenvalue weighted by molar-refractivity contribution is 0.468. The normalized spacial score (nSPS) is 10.1. The highest BCUT2D eigenvalue weighted by atomic mass is 79.9. The minimum absolute atomic E-state index is 0.191. The van der Waals surface area contributed by atoms with Crippen molar-refractivity contribution in [2.75, 3.05) is 5.32 Å². The average Bonchev–Trinajstić information content (AvgIpc) is 2.43. The Kier molecular flexibility index (Phi) is 4.69. The van der Waals surface area contributed by atoms with E-state index < -0.39 is 0 Å². The average molecular weight is 396 g/mol. The number of phenols is 1. The summed E-state index contributed by atoms with van der Waals surface area (Å²) in [6.45, 7) is 2.60. The molecule has 0 amide bonds. The number of nitrogens with zero attached hydrogens (tertiary/aromatic N) is 1. The van der Waals surface area contributed by atoms with Gasteiger partial charge in [-0.15, -0.1) is 0 Å². The number of phenolic OH excluding ortho intramolecular Hbond substituents is 1. The van der Waals surface area contributed by atoms with Crippen molar-refractivity contribution in [1.82, 2.24) is 0 Å². The van der Waals surface area contributed by atoms with Crippen LogP contribution in [0.1, 0.15) is 16.7 Å². The summed E-state index contributed by atoms with van der Waals surface area (Å²) in [7, 11) is 0. The smallest absolute Gasteiger partial charge is 0.143 e. The maximum absolute atomic E-state index is 9.68. The monoisotopic (exact) mass is 394 g/mol. The van der Waals surface area contributed by atoms with Gasteiger partial charge in [0.15, 0.2) is 0 Å². The highest BCUT2D eigenvalue weighted by molar-refractivity contribution is 9.11. The van der Waals surface area contributed by atoms with Crippen molar-refractivity contribution < 1.29 is 5.11 Å². The van der Waals surface area contributed by atoms with Crippen LogP contribution in [0, 0.1) is 18.3 Å². The Labute approximate surface area is 134 Å². The third-order valence-electron chi connectivity index (χ3n) is 2.93. The molecule has 5 heteroatoms. The Bertz CT molecular complexity index is 670. The van der Waals surface area contributed by atoms with Crippen LogP contribution in [0.5, 0.6) is 5.75 Å². The number of aryl methyl sites for hydroxylation is 1. The first-order valence-electron chi connectivity index (χ1n) is 5.93. The Balaban J connectivity index is 2.19. The second-order valence-corrected chi connectivity index (χ2v) is 6.11. The SMILES string of the molecule is Cc1ccc(C#N)cc1NCc1cc(Br)c(O)c(Br)c1. The fourth-order valence-corrected chi connectivity index (χ4v) is 3.08. The summed E-state index contributed by atoms with van der Waals surface area (Å²) in [4.78, 5) is 0. The molecule has 0 saturated carbocycles. The molecule has 0 aliphatic heterocycles. The molecule has 102 valence electrons. The van der Waals surface area contributed by atoms with Crippen molar-refractivity contribution >= 4 is 37.5 Å². The Morgan fingerprint density at radius 2 is 1.85 bits per heavy atom. The van der Waals surface area contributed by atoms with Crippen LogP contribution in [-0.2, 0) is 6.54 Å². The van der Waals surface area contributed by atoms with Gasteiger partial charge in [-0.3, -0.25) is 0 Å². The maximum atomic E-state index is 9.68. The van der Waals surface area contributed by atoms with Gasteiger partial charge in [-0.25, -0.2) is 0 Å². The van der Waals surface area contributed by atoms with E-state index in [1.165, 1.54) is 0 Å². The van der Waals surface area contributed by atoms with Crippen LogP contribution in [0.4, 0.5) is 5.69 Å². The van der Waals surface area contributed by atoms with Crippen molar-refractivity contribution in [3.05, 3.63) is 56.0 Å². The number of rotatable bonds is 3. The molecule has 0 aliphatic carbocycles. The van der Waals surface area contributed by atoms with E-state index in [4.69, 9.17) is 5.26 Å². The Hall–Kier alpha value is -1.51. The van der Waals surface area contributed by atoms with Gasteiger partial charge in [0.2, 0.25) is 0 Å². The molecule has 0 unspecified atom stereocenters. The molecular formula is C15H12Br2N2O. The molecule has 0 bridgehead atoms. The third kappa shape index (κ3) is 3.33. The number of nitrogens with one attached hydrogen (secondary N) is 1. The van der Waals surface area contributed by atoms with Gasteiger partial charge in [-0.2, -0.15) is 5.26 Å². The van der Waals surface area contributed by atoms with Gasteiger partial charge < -0.3 is 10.4 Å². The van der Waals surface area contributed by atoms with E-state index in [1.807, 2.05) is 31.2 Å². The van der Waals surface area contributed by atoms with Crippen LogP contribution < -0.4 is 5.32 Å². The van der Waals surface area contributed by atoms with E-state index in [-0.39, 0.29) is 5.75 Å². The second-order valence-electron chi connectivity index (χ2n) is 4.40. The topological polar surface area (TPSA) is 56.0 Å². The van der Waals surface area contributed by atoms with Crippen molar-refractivity contribution in [2.24, 2.45) is 0 Å². The minimum atomic E-state index is 0.191. The van der Waals surface area contributed by atoms with Gasteiger partial charge in [-0.05, 0) is 74.2 Å². The molecule has 2 aromatic rings. The second kappa shape index (κ2) is 6.29. The molecule has 0 heterocycles. The molecule has 2 N–H and O–H groups in total. The van der Waals surface area contributed by atoms with E-state index in [0.717, 1.165) is 16.8 Å². The summed E-state index contributed by atoms with van der Waals surface area (Å²) in [5.74, 6) is 0.191. The van der Waals surface area contributed by atoms with Gasteiger partial charge in [-0.1, -0.05) is 6.07 Å². The molecule has 3 nitrogen and oxygen atoms in total. The molecular weight excluding hydrogens is 384 g/mol. The summed E-state index contributed by atoms with van der Waals surface area (Å²) >= 11 is 6.62. The maximum Gasteiger partial charge on any atom is 0.143 e. The van der Waals surface area contributed by atoms with Gasteiger partial charge in [0.1, 0.15) is 5.75 Å². The quantitative estimate of drug-likeness (QED) is 0.791. The number of anilines is 1. The van der Waals surface area contributed by atoms with Crippen LogP contribution in [0.15, 0.2) is 39.3 Å². The fraction of sp³-hybridized carbons (Fsp3) is 0.133. The van der Waals surface area contributed by atoms with Crippen molar-refractivity contribution in [3.63, 3.8) is 0 Å². The fourth-order valence-electron chi connectivity index (χ4n) is 1.80. The van der Waals surface area contributed by atoms with Crippen LogP contribution in [0.3, 0.4) is 0 Å². The number of halogens is 2. The van der Waals surface area contributed by atoms with Crippen molar-refractivity contribution in [3.8, 4) is 11.8 Å². The zero-order valence-electron chi connectivity index (χ0n) is 10.7. The van der Waals surface area contributed by atoms with Gasteiger partial charge in [0.25, 0.3) is 0 Å². The summed E-state index contributed by atoms with van der Waals surface area (Å²) in [6, 6.07) is 11.4. The van der Waals surface area contributed by atoms with Gasteiger partial charge in [0, 0.05) is 12.2 Å². The number of benzene rings is 2. The van der Waals surface area contributed by atoms with Gasteiger partial charge >= 0.3 is 0 Å². The first-order chi connectivity index (χ1) is 9.51. The zero-order chi connectivity index (χ0) is 14.7. The molecule has 2 aromatic carbocycles. The summed E-state index contributed by atoms with van der Waals surface area (Å²) in [6.07, 6.45) is 0. The van der Waals surface area contributed by atoms with Crippen LogP contribution >= 0.6 is 31.9 Å². The van der Waals surface area contributed by atoms with Crippen LogP contribution in [0.25, 0.3) is 0 Å². The van der Waals surface area contributed by atoms with E-state index in [1.54, 1.807) is 6.07 Å². The summed E-state index contributed by atoms with van der Waals surface area (Å²) in [5.41, 5.74) is 3.67. The Morgan fingerprint density at radius 1 is 1.20 bits per heavy atom. The lowest BCUT2D eigenvalue weighted by Crippen LogP contribution is -2.01. The van der Waals surface area contributed by atoms with E-state index in [0.29, 0.717) is 21.1 Å². The van der Waals surface area contributed by atoms with Gasteiger partial charge in [0.05, 0.1) is 20.6 Å². The molecule has 0 saturated heterocycles. The number of hydrogen-bond donors (Lipinski definition) is 2. The first kappa shape index (κ1) is 14.9. The molecule has 0 aromatic heterocycles. The minimum Gasteiger partial charge on any atom is -0.506 e. The van der Waals surface area contributed by atoms with Crippen LogP contribution in [-0.4, -0.2) is 5.11 Å². The molecule has 20 heavy (non-hydrogen) atoms. The third-order valence-corrected chi connectivity index (χ3v) is 4.14. The lowest BCUT2D eigenvalue weighted by atomic mass is 10.1. The largest absolute Gasteiger partial charge is 0.506 e. The molecule has 0 atom stereocenters.